The predicted octanol–water partition coefficient (Wildman–Crippen LogP) is 6.94. The summed E-state index contributed by atoms with van der Waals surface area (Å²) in [6.45, 7) is 8.22. The number of hydrogen-bond acceptors (Lipinski definition) is 4. The molecule has 0 atom stereocenters. The fourth-order valence-electron chi connectivity index (χ4n) is 3.29. The summed E-state index contributed by atoms with van der Waals surface area (Å²) in [5.41, 5.74) is 3.30. The summed E-state index contributed by atoms with van der Waals surface area (Å²) >= 11 is 14.0. The van der Waals surface area contributed by atoms with Crippen molar-refractivity contribution in [2.45, 2.75) is 43.5 Å². The van der Waals surface area contributed by atoms with Crippen LogP contribution < -0.4 is 0 Å². The predicted molar refractivity (Wildman–Crippen MR) is 119 cm³/mol. The van der Waals surface area contributed by atoms with Crippen LogP contribution in [0, 0.1) is 6.92 Å². The molecule has 0 fully saturated rings. The van der Waals surface area contributed by atoms with Crippen LogP contribution in [0.3, 0.4) is 0 Å². The SMILES string of the molecule is CCOC(=O)c1c(C(C)C)c(Sc2cc(Cl)cc(Cl)c2)n(-c2ccncc2)c1C. The van der Waals surface area contributed by atoms with E-state index in [0.29, 0.717) is 22.2 Å². The number of ether oxygens (including phenoxy) is 1. The molecule has 0 aliphatic rings. The van der Waals surface area contributed by atoms with Gasteiger partial charge in [-0.3, -0.25) is 4.98 Å². The molecule has 1 aromatic carbocycles. The second-order valence-electron chi connectivity index (χ2n) is 6.80. The maximum atomic E-state index is 12.8. The van der Waals surface area contributed by atoms with Crippen LogP contribution in [0.25, 0.3) is 5.69 Å². The Hall–Kier alpha value is -1.95. The fourth-order valence-corrected chi connectivity index (χ4v) is 5.32. The summed E-state index contributed by atoms with van der Waals surface area (Å²) in [7, 11) is 0. The number of benzene rings is 1. The van der Waals surface area contributed by atoms with Crippen LogP contribution in [0.15, 0.2) is 52.6 Å². The van der Waals surface area contributed by atoms with Crippen LogP contribution >= 0.6 is 35.0 Å². The quantitative estimate of drug-likeness (QED) is 0.383. The molecule has 0 bridgehead atoms. The highest BCUT2D eigenvalue weighted by atomic mass is 35.5. The molecule has 0 aliphatic heterocycles. The van der Waals surface area contributed by atoms with E-state index in [4.69, 9.17) is 27.9 Å². The van der Waals surface area contributed by atoms with E-state index in [2.05, 4.69) is 23.4 Å². The first kappa shape index (κ1) is 21.8. The highest BCUT2D eigenvalue weighted by Crippen LogP contribution is 2.42. The van der Waals surface area contributed by atoms with Crippen LogP contribution in [0.2, 0.25) is 10.0 Å². The summed E-state index contributed by atoms with van der Waals surface area (Å²) in [4.78, 5) is 17.9. The standard InChI is InChI=1S/C22H22Cl2N2O2S/c1-5-28-22(27)20-14(4)26(17-6-8-25-9-7-17)21(19(20)13(2)3)29-18-11-15(23)10-16(24)12-18/h6-13H,5H2,1-4H3. The van der Waals surface area contributed by atoms with Crippen molar-refractivity contribution in [2.24, 2.45) is 0 Å². The first-order valence-electron chi connectivity index (χ1n) is 9.30. The number of aromatic nitrogens is 2. The van der Waals surface area contributed by atoms with E-state index >= 15 is 0 Å². The van der Waals surface area contributed by atoms with E-state index < -0.39 is 0 Å². The lowest BCUT2D eigenvalue weighted by atomic mass is 10.0. The van der Waals surface area contributed by atoms with E-state index in [0.717, 1.165) is 26.9 Å². The summed E-state index contributed by atoms with van der Waals surface area (Å²) in [6, 6.07) is 9.27. The minimum Gasteiger partial charge on any atom is -0.462 e. The minimum atomic E-state index is -0.313. The molecule has 0 unspecified atom stereocenters. The number of nitrogens with zero attached hydrogens (tertiary/aromatic N) is 2. The Labute approximate surface area is 185 Å². The summed E-state index contributed by atoms with van der Waals surface area (Å²) in [5.74, 6) is -0.208. The molecule has 0 aliphatic carbocycles. The molecule has 0 N–H and O–H groups in total. The zero-order valence-corrected chi connectivity index (χ0v) is 19.0. The molecule has 0 radical (unpaired) electrons. The molecule has 0 amide bonds. The molecule has 0 saturated carbocycles. The van der Waals surface area contributed by atoms with E-state index in [1.807, 2.05) is 38.1 Å². The third-order valence-electron chi connectivity index (χ3n) is 4.43. The van der Waals surface area contributed by atoms with E-state index in [1.165, 1.54) is 11.8 Å². The van der Waals surface area contributed by atoms with Gasteiger partial charge in [0.05, 0.1) is 17.2 Å². The fraction of sp³-hybridized carbons (Fsp3) is 0.273. The van der Waals surface area contributed by atoms with Gasteiger partial charge in [0.25, 0.3) is 0 Å². The molecule has 2 aromatic heterocycles. The van der Waals surface area contributed by atoms with Crippen LogP contribution in [-0.4, -0.2) is 22.1 Å². The van der Waals surface area contributed by atoms with Gasteiger partial charge in [-0.15, -0.1) is 0 Å². The average Bonchev–Trinajstić information content (AvgIpc) is 2.94. The lowest BCUT2D eigenvalue weighted by molar-refractivity contribution is 0.0524. The molecule has 7 heteroatoms. The number of carbonyl (C=O) groups is 1. The lowest BCUT2D eigenvalue weighted by Crippen LogP contribution is -2.09. The van der Waals surface area contributed by atoms with Crippen molar-refractivity contribution in [3.05, 3.63) is 69.6 Å². The Kier molecular flexibility index (Phi) is 6.93. The van der Waals surface area contributed by atoms with Gasteiger partial charge in [-0.25, -0.2) is 4.79 Å². The number of halogens is 2. The monoisotopic (exact) mass is 448 g/mol. The first-order chi connectivity index (χ1) is 13.8. The number of rotatable bonds is 6. The van der Waals surface area contributed by atoms with E-state index in [-0.39, 0.29) is 11.9 Å². The Morgan fingerprint density at radius 1 is 1.17 bits per heavy atom. The molecule has 4 nitrogen and oxygen atoms in total. The maximum Gasteiger partial charge on any atom is 0.340 e. The average molecular weight is 449 g/mol. The summed E-state index contributed by atoms with van der Waals surface area (Å²) in [6.07, 6.45) is 3.47. The van der Waals surface area contributed by atoms with Gasteiger partial charge in [-0.1, -0.05) is 48.8 Å². The Balaban J connectivity index is 2.28. The number of pyridine rings is 1. The molecule has 2 heterocycles. The third-order valence-corrected chi connectivity index (χ3v) is 5.93. The Bertz CT molecular complexity index is 1010. The zero-order valence-electron chi connectivity index (χ0n) is 16.7. The van der Waals surface area contributed by atoms with Crippen molar-refractivity contribution in [3.63, 3.8) is 0 Å². The van der Waals surface area contributed by atoms with E-state index in [9.17, 15) is 4.79 Å². The highest BCUT2D eigenvalue weighted by molar-refractivity contribution is 7.99. The van der Waals surface area contributed by atoms with Gasteiger partial charge in [-0.05, 0) is 50.1 Å². The molecule has 152 valence electrons. The van der Waals surface area contributed by atoms with Gasteiger partial charge in [0.1, 0.15) is 0 Å². The molecular weight excluding hydrogens is 427 g/mol. The first-order valence-corrected chi connectivity index (χ1v) is 10.9. The largest absolute Gasteiger partial charge is 0.462 e. The molecule has 0 saturated heterocycles. The van der Waals surface area contributed by atoms with Crippen LogP contribution in [0.1, 0.15) is 48.3 Å². The molecule has 3 rings (SSSR count). The molecular formula is C22H22Cl2N2O2S. The maximum absolute atomic E-state index is 12.8. The van der Waals surface area contributed by atoms with Crippen molar-refractivity contribution < 1.29 is 9.53 Å². The van der Waals surface area contributed by atoms with Gasteiger partial charge < -0.3 is 9.30 Å². The summed E-state index contributed by atoms with van der Waals surface area (Å²) < 4.78 is 7.45. The number of carbonyl (C=O) groups excluding carboxylic acids is 1. The van der Waals surface area contributed by atoms with Gasteiger partial charge in [0.2, 0.25) is 0 Å². The topological polar surface area (TPSA) is 44.1 Å². The van der Waals surface area contributed by atoms with Gasteiger partial charge in [0, 0.05) is 44.3 Å². The third kappa shape index (κ3) is 4.63. The number of esters is 1. The number of hydrogen-bond donors (Lipinski definition) is 0. The van der Waals surface area contributed by atoms with E-state index in [1.54, 1.807) is 18.5 Å². The zero-order chi connectivity index (χ0) is 21.1. The Morgan fingerprint density at radius 3 is 2.34 bits per heavy atom. The highest BCUT2D eigenvalue weighted by Gasteiger charge is 2.29. The van der Waals surface area contributed by atoms with Crippen molar-refractivity contribution in [2.75, 3.05) is 6.61 Å². The molecule has 29 heavy (non-hydrogen) atoms. The van der Waals surface area contributed by atoms with Crippen molar-refractivity contribution in [3.8, 4) is 5.69 Å². The summed E-state index contributed by atoms with van der Waals surface area (Å²) in [5, 5.41) is 2.07. The van der Waals surface area contributed by atoms with Gasteiger partial charge in [0.15, 0.2) is 0 Å². The Morgan fingerprint density at radius 2 is 1.79 bits per heavy atom. The van der Waals surface area contributed by atoms with Crippen molar-refractivity contribution in [1.29, 1.82) is 0 Å². The molecule has 0 spiro atoms. The van der Waals surface area contributed by atoms with Crippen LogP contribution in [0.5, 0.6) is 0 Å². The van der Waals surface area contributed by atoms with Gasteiger partial charge >= 0.3 is 5.97 Å². The second-order valence-corrected chi connectivity index (χ2v) is 8.74. The van der Waals surface area contributed by atoms with Crippen LogP contribution in [-0.2, 0) is 4.74 Å². The van der Waals surface area contributed by atoms with Gasteiger partial charge in [-0.2, -0.15) is 0 Å². The second kappa shape index (κ2) is 9.24. The minimum absolute atomic E-state index is 0.105. The molecule has 3 aromatic rings. The lowest BCUT2D eigenvalue weighted by Gasteiger charge is -2.14. The smallest absolute Gasteiger partial charge is 0.340 e. The van der Waals surface area contributed by atoms with Crippen LogP contribution in [0.4, 0.5) is 0 Å². The van der Waals surface area contributed by atoms with Crippen molar-refractivity contribution >= 4 is 40.9 Å². The van der Waals surface area contributed by atoms with Crippen molar-refractivity contribution in [1.82, 2.24) is 9.55 Å². The normalized spacial score (nSPS) is 11.1.